The second kappa shape index (κ2) is 7.92. The average molecular weight is 432 g/mol. The maximum absolute atomic E-state index is 13.1. The van der Waals surface area contributed by atoms with Gasteiger partial charge >= 0.3 is 0 Å². The second-order valence-corrected chi connectivity index (χ2v) is 7.03. The van der Waals surface area contributed by atoms with Crippen LogP contribution >= 0.6 is 15.9 Å². The average Bonchev–Trinajstić information content (AvgIpc) is 3.03. The minimum absolute atomic E-state index is 0.148. The number of halogens is 2. The van der Waals surface area contributed by atoms with Crippen LogP contribution in [-0.2, 0) is 13.6 Å². The zero-order valence-corrected chi connectivity index (χ0v) is 16.8. The molecule has 7 heteroatoms. The van der Waals surface area contributed by atoms with Gasteiger partial charge in [0.2, 0.25) is 0 Å². The summed E-state index contributed by atoms with van der Waals surface area (Å²) in [6, 6.07) is 13.5. The molecule has 1 aromatic heterocycles. The molecule has 3 aromatic rings. The summed E-state index contributed by atoms with van der Waals surface area (Å²) in [4.78, 5) is 14.5. The fourth-order valence-corrected chi connectivity index (χ4v) is 3.37. The number of aryl methyl sites for hydroxylation is 1. The predicted octanol–water partition coefficient (Wildman–Crippen LogP) is 4.27. The third kappa shape index (κ3) is 4.19. The Morgan fingerprint density at radius 1 is 1.22 bits per heavy atom. The topological polar surface area (TPSA) is 47.4 Å². The number of methoxy groups -OCH3 is 1. The fraction of sp³-hybridized carbons (Fsp3) is 0.200. The molecule has 1 heterocycles. The van der Waals surface area contributed by atoms with E-state index in [0.717, 1.165) is 21.3 Å². The van der Waals surface area contributed by atoms with Crippen molar-refractivity contribution < 1.29 is 13.9 Å². The van der Waals surface area contributed by atoms with Gasteiger partial charge in [0.15, 0.2) is 0 Å². The molecule has 0 spiro atoms. The molecule has 0 saturated heterocycles. The smallest absolute Gasteiger partial charge is 0.272 e. The van der Waals surface area contributed by atoms with E-state index in [1.54, 1.807) is 49.0 Å². The Morgan fingerprint density at radius 2 is 1.93 bits per heavy atom. The van der Waals surface area contributed by atoms with Crippen LogP contribution < -0.4 is 4.74 Å². The first-order chi connectivity index (χ1) is 12.9. The van der Waals surface area contributed by atoms with E-state index < -0.39 is 0 Å². The van der Waals surface area contributed by atoms with Gasteiger partial charge < -0.3 is 9.64 Å². The van der Waals surface area contributed by atoms with Gasteiger partial charge in [-0.1, -0.05) is 6.07 Å². The first-order valence-electron chi connectivity index (χ1n) is 8.27. The normalized spacial score (nSPS) is 10.7. The van der Waals surface area contributed by atoms with Gasteiger partial charge in [0.1, 0.15) is 17.3 Å². The van der Waals surface area contributed by atoms with Gasteiger partial charge in [0.25, 0.3) is 5.91 Å². The van der Waals surface area contributed by atoms with Gasteiger partial charge in [-0.2, -0.15) is 5.10 Å². The van der Waals surface area contributed by atoms with Crippen LogP contribution in [0.1, 0.15) is 16.1 Å². The van der Waals surface area contributed by atoms with E-state index in [2.05, 4.69) is 21.0 Å². The van der Waals surface area contributed by atoms with Gasteiger partial charge in [0, 0.05) is 26.2 Å². The summed E-state index contributed by atoms with van der Waals surface area (Å²) >= 11 is 3.46. The van der Waals surface area contributed by atoms with Gasteiger partial charge in [-0.3, -0.25) is 9.48 Å². The van der Waals surface area contributed by atoms with Crippen molar-refractivity contribution in [3.63, 3.8) is 0 Å². The lowest BCUT2D eigenvalue weighted by Crippen LogP contribution is -2.28. The van der Waals surface area contributed by atoms with Crippen LogP contribution in [0.4, 0.5) is 4.39 Å². The van der Waals surface area contributed by atoms with Crippen LogP contribution in [0.15, 0.2) is 53.0 Å². The van der Waals surface area contributed by atoms with Crippen LogP contribution in [0.25, 0.3) is 11.3 Å². The Kier molecular flexibility index (Phi) is 5.60. The van der Waals surface area contributed by atoms with E-state index in [4.69, 9.17) is 4.74 Å². The van der Waals surface area contributed by atoms with Crippen LogP contribution in [-0.4, -0.2) is 34.7 Å². The van der Waals surface area contributed by atoms with Crippen molar-refractivity contribution in [3.8, 4) is 17.0 Å². The maximum atomic E-state index is 13.1. The zero-order valence-electron chi connectivity index (χ0n) is 15.2. The number of aromatic nitrogens is 2. The SMILES string of the molecule is COc1ccc(CN(C)C(=O)c2cc(-c3ccc(F)cc3)nn2C)cc1Br. The van der Waals surface area contributed by atoms with Crippen LogP contribution in [0, 0.1) is 5.82 Å². The molecule has 0 saturated carbocycles. The number of benzene rings is 2. The van der Waals surface area contributed by atoms with Gasteiger partial charge in [-0.15, -0.1) is 0 Å². The molecule has 1 amide bonds. The second-order valence-electron chi connectivity index (χ2n) is 6.18. The molecule has 0 unspecified atom stereocenters. The standard InChI is InChI=1S/C20H19BrFN3O2/c1-24(12-13-4-9-19(27-3)16(21)10-13)20(26)18-11-17(23-25(18)2)14-5-7-15(22)8-6-14/h4-11H,12H2,1-3H3. The minimum atomic E-state index is -0.309. The largest absolute Gasteiger partial charge is 0.496 e. The summed E-state index contributed by atoms with van der Waals surface area (Å²) in [5, 5.41) is 4.38. The van der Waals surface area contributed by atoms with E-state index in [-0.39, 0.29) is 11.7 Å². The molecule has 0 radical (unpaired) electrons. The molecule has 140 valence electrons. The number of amides is 1. The summed E-state index contributed by atoms with van der Waals surface area (Å²) in [7, 11) is 5.07. The van der Waals surface area contributed by atoms with Gasteiger partial charge in [-0.05, 0) is 64.0 Å². The molecule has 0 N–H and O–H groups in total. The predicted molar refractivity (Wildman–Crippen MR) is 105 cm³/mol. The molecule has 0 aliphatic carbocycles. The number of rotatable bonds is 5. The quantitative estimate of drug-likeness (QED) is 0.605. The third-order valence-electron chi connectivity index (χ3n) is 4.22. The fourth-order valence-electron chi connectivity index (χ4n) is 2.78. The van der Waals surface area contributed by atoms with Crippen LogP contribution in [0.3, 0.4) is 0 Å². The number of carbonyl (C=O) groups excluding carboxylic acids is 1. The van der Waals surface area contributed by atoms with Crippen molar-refractivity contribution >= 4 is 21.8 Å². The lowest BCUT2D eigenvalue weighted by molar-refractivity contribution is 0.0774. The molecule has 0 fully saturated rings. The van der Waals surface area contributed by atoms with Gasteiger partial charge in [-0.25, -0.2) is 4.39 Å². The Labute approximate surface area is 165 Å². The first-order valence-corrected chi connectivity index (χ1v) is 9.06. The Morgan fingerprint density at radius 3 is 2.56 bits per heavy atom. The van der Waals surface area contributed by atoms with Gasteiger partial charge in [0.05, 0.1) is 17.3 Å². The van der Waals surface area contributed by atoms with E-state index in [1.165, 1.54) is 12.1 Å². The summed E-state index contributed by atoms with van der Waals surface area (Å²) in [6.45, 7) is 0.443. The minimum Gasteiger partial charge on any atom is -0.496 e. The monoisotopic (exact) mass is 431 g/mol. The lowest BCUT2D eigenvalue weighted by Gasteiger charge is -2.17. The Bertz CT molecular complexity index is 970. The number of hydrogen-bond acceptors (Lipinski definition) is 3. The van der Waals surface area contributed by atoms with Crippen LogP contribution in [0.5, 0.6) is 5.75 Å². The number of nitrogens with zero attached hydrogens (tertiary/aromatic N) is 3. The highest BCUT2D eigenvalue weighted by Gasteiger charge is 2.18. The summed E-state index contributed by atoms with van der Waals surface area (Å²) in [6.07, 6.45) is 0. The van der Waals surface area contributed by atoms with E-state index in [9.17, 15) is 9.18 Å². The Balaban J connectivity index is 1.79. The highest BCUT2D eigenvalue weighted by atomic mass is 79.9. The summed E-state index contributed by atoms with van der Waals surface area (Å²) in [5.74, 6) is 0.282. The molecule has 0 aliphatic rings. The maximum Gasteiger partial charge on any atom is 0.272 e. The van der Waals surface area contributed by atoms with Crippen molar-refractivity contribution in [2.24, 2.45) is 7.05 Å². The first kappa shape index (κ1) is 19.1. The molecule has 27 heavy (non-hydrogen) atoms. The molecular formula is C20H19BrFN3O2. The Hall–Kier alpha value is -2.67. The molecule has 0 atom stereocenters. The molecule has 3 rings (SSSR count). The molecule has 0 bridgehead atoms. The number of carbonyl (C=O) groups is 1. The summed E-state index contributed by atoms with van der Waals surface area (Å²) < 4.78 is 20.7. The van der Waals surface area contributed by atoms with E-state index in [0.29, 0.717) is 17.9 Å². The molecule has 5 nitrogen and oxygen atoms in total. The number of ether oxygens (including phenoxy) is 1. The summed E-state index contributed by atoms with van der Waals surface area (Å²) in [5.41, 5.74) is 2.82. The van der Waals surface area contributed by atoms with Crippen LogP contribution in [0.2, 0.25) is 0 Å². The molecule has 2 aromatic carbocycles. The van der Waals surface area contributed by atoms with Crippen molar-refractivity contribution in [1.29, 1.82) is 0 Å². The third-order valence-corrected chi connectivity index (χ3v) is 4.84. The highest BCUT2D eigenvalue weighted by molar-refractivity contribution is 9.10. The zero-order chi connectivity index (χ0) is 19.6. The van der Waals surface area contributed by atoms with Crippen molar-refractivity contribution in [3.05, 3.63) is 70.1 Å². The lowest BCUT2D eigenvalue weighted by atomic mass is 10.1. The van der Waals surface area contributed by atoms with E-state index >= 15 is 0 Å². The molecular weight excluding hydrogens is 413 g/mol. The highest BCUT2D eigenvalue weighted by Crippen LogP contribution is 2.26. The molecule has 0 aliphatic heterocycles. The van der Waals surface area contributed by atoms with Crippen molar-refractivity contribution in [2.45, 2.75) is 6.54 Å². The van der Waals surface area contributed by atoms with Crippen molar-refractivity contribution in [1.82, 2.24) is 14.7 Å². The van der Waals surface area contributed by atoms with E-state index in [1.807, 2.05) is 18.2 Å². The number of hydrogen-bond donors (Lipinski definition) is 0. The van der Waals surface area contributed by atoms with Crippen molar-refractivity contribution in [2.75, 3.05) is 14.2 Å².